The van der Waals surface area contributed by atoms with Crippen molar-refractivity contribution in [3.8, 4) is 11.5 Å². The van der Waals surface area contributed by atoms with Crippen LogP contribution in [0.1, 0.15) is 50.5 Å². The predicted octanol–water partition coefficient (Wildman–Crippen LogP) is 4.61. The van der Waals surface area contributed by atoms with Gasteiger partial charge in [-0.1, -0.05) is 26.7 Å². The SMILES string of the molecule is COc1ccc(N2C(=O)c3cc4occc4n3C[C@]2(C)C(=O)N[C@@H]2CCC[C@@H](C)[C@H]2C)cc1OC. The van der Waals surface area contributed by atoms with Gasteiger partial charge in [-0.05, 0) is 37.3 Å². The van der Waals surface area contributed by atoms with E-state index in [2.05, 4.69) is 19.2 Å². The summed E-state index contributed by atoms with van der Waals surface area (Å²) in [5.74, 6) is 1.52. The molecule has 0 unspecified atom stereocenters. The number of hydrogen-bond acceptors (Lipinski definition) is 5. The number of fused-ring (bicyclic) bond motifs is 3. The van der Waals surface area contributed by atoms with Crippen molar-refractivity contribution in [3.63, 3.8) is 0 Å². The van der Waals surface area contributed by atoms with Crippen LogP contribution >= 0.6 is 0 Å². The summed E-state index contributed by atoms with van der Waals surface area (Å²) in [5.41, 5.74) is 1.31. The second-order valence-electron chi connectivity index (χ2n) is 10.1. The van der Waals surface area contributed by atoms with Crippen LogP contribution in [0, 0.1) is 11.8 Å². The number of anilines is 1. The molecule has 1 aromatic carbocycles. The van der Waals surface area contributed by atoms with Crippen molar-refractivity contribution in [2.75, 3.05) is 19.1 Å². The molecule has 0 saturated heterocycles. The van der Waals surface area contributed by atoms with Crippen molar-refractivity contribution >= 4 is 28.6 Å². The Bertz CT molecular complexity index is 1280. The van der Waals surface area contributed by atoms with E-state index in [1.807, 2.05) is 17.6 Å². The third-order valence-electron chi connectivity index (χ3n) is 8.04. The number of aromatic nitrogens is 1. The number of nitrogens with one attached hydrogen (secondary N) is 1. The van der Waals surface area contributed by atoms with Gasteiger partial charge in [-0.25, -0.2) is 0 Å². The number of rotatable bonds is 5. The van der Waals surface area contributed by atoms with Crippen molar-refractivity contribution in [2.45, 2.75) is 58.2 Å². The molecule has 2 aromatic heterocycles. The van der Waals surface area contributed by atoms with E-state index >= 15 is 0 Å². The number of ether oxygens (including phenoxy) is 2. The van der Waals surface area contributed by atoms with E-state index in [0.717, 1.165) is 18.4 Å². The molecule has 0 bridgehead atoms. The first-order valence-electron chi connectivity index (χ1n) is 12.2. The van der Waals surface area contributed by atoms with E-state index in [4.69, 9.17) is 13.9 Å². The Balaban J connectivity index is 1.60. The molecule has 4 atom stereocenters. The highest BCUT2D eigenvalue weighted by atomic mass is 16.5. The molecule has 2 amide bonds. The Morgan fingerprint density at radius 3 is 2.63 bits per heavy atom. The minimum Gasteiger partial charge on any atom is -0.493 e. The molecule has 1 aliphatic heterocycles. The third kappa shape index (κ3) is 3.66. The molecule has 1 fully saturated rings. The Labute approximate surface area is 205 Å². The average Bonchev–Trinajstić information content (AvgIpc) is 3.44. The monoisotopic (exact) mass is 479 g/mol. The minimum absolute atomic E-state index is 0.0745. The molecule has 1 saturated carbocycles. The molecule has 1 aliphatic carbocycles. The van der Waals surface area contributed by atoms with Crippen molar-refractivity contribution in [3.05, 3.63) is 42.3 Å². The topological polar surface area (TPSA) is 85.9 Å². The number of amides is 2. The number of methoxy groups -OCH3 is 2. The lowest BCUT2D eigenvalue weighted by atomic mass is 9.77. The zero-order valence-electron chi connectivity index (χ0n) is 21.0. The molecule has 1 N–H and O–H groups in total. The minimum atomic E-state index is -1.17. The molecule has 8 heteroatoms. The van der Waals surface area contributed by atoms with Crippen LogP contribution in [-0.4, -0.2) is 42.2 Å². The quantitative estimate of drug-likeness (QED) is 0.578. The Morgan fingerprint density at radius 1 is 1.11 bits per heavy atom. The van der Waals surface area contributed by atoms with Gasteiger partial charge in [-0.15, -0.1) is 0 Å². The second-order valence-corrected chi connectivity index (χ2v) is 10.1. The van der Waals surface area contributed by atoms with Gasteiger partial charge in [0.2, 0.25) is 5.91 Å². The number of furan rings is 1. The molecule has 3 heterocycles. The highest BCUT2D eigenvalue weighted by Crippen LogP contribution is 2.40. The smallest absolute Gasteiger partial charge is 0.276 e. The van der Waals surface area contributed by atoms with Gasteiger partial charge >= 0.3 is 0 Å². The van der Waals surface area contributed by atoms with Crippen LogP contribution in [0.5, 0.6) is 11.5 Å². The van der Waals surface area contributed by atoms with Gasteiger partial charge in [0.15, 0.2) is 17.1 Å². The summed E-state index contributed by atoms with van der Waals surface area (Å²) in [4.78, 5) is 29.6. The number of carbonyl (C=O) groups is 2. The van der Waals surface area contributed by atoms with Crippen LogP contribution in [0.15, 0.2) is 41.0 Å². The van der Waals surface area contributed by atoms with Gasteiger partial charge in [-0.3, -0.25) is 14.5 Å². The van der Waals surface area contributed by atoms with Gasteiger partial charge in [0, 0.05) is 29.9 Å². The summed E-state index contributed by atoms with van der Waals surface area (Å²) < 4.78 is 18.4. The van der Waals surface area contributed by atoms with Gasteiger partial charge in [0.05, 0.1) is 32.5 Å². The maximum atomic E-state index is 14.1. The molecule has 2 aliphatic rings. The van der Waals surface area contributed by atoms with E-state index < -0.39 is 5.54 Å². The normalized spacial score (nSPS) is 26.5. The van der Waals surface area contributed by atoms with Gasteiger partial charge in [0.1, 0.15) is 11.2 Å². The Morgan fingerprint density at radius 2 is 1.89 bits per heavy atom. The van der Waals surface area contributed by atoms with E-state index in [9.17, 15) is 9.59 Å². The maximum Gasteiger partial charge on any atom is 0.276 e. The molecule has 5 rings (SSSR count). The van der Waals surface area contributed by atoms with Crippen LogP contribution in [0.25, 0.3) is 11.1 Å². The highest BCUT2D eigenvalue weighted by Gasteiger charge is 2.50. The highest BCUT2D eigenvalue weighted by molar-refractivity contribution is 6.13. The van der Waals surface area contributed by atoms with E-state index in [1.54, 1.807) is 49.6 Å². The van der Waals surface area contributed by atoms with Crippen LogP contribution in [0.4, 0.5) is 5.69 Å². The summed E-state index contributed by atoms with van der Waals surface area (Å²) in [6.45, 7) is 6.58. The standard InChI is InChI=1S/C27H33N3O5/c1-16-7-6-8-19(17(16)2)28-26(32)27(3)15-29-20-11-12-35-23(20)14-21(29)25(31)30(27)18-9-10-22(33-4)24(13-18)34-5/h9-14,16-17,19H,6-8,15H2,1-5H3,(H,28,32)/t16-,17-,19-,27-/m1/s1. The number of nitrogens with zero attached hydrogens (tertiary/aromatic N) is 2. The van der Waals surface area contributed by atoms with E-state index in [-0.39, 0.29) is 17.9 Å². The Kier molecular flexibility index (Phi) is 5.77. The summed E-state index contributed by atoms with van der Waals surface area (Å²) in [7, 11) is 3.12. The molecule has 0 radical (unpaired) electrons. The van der Waals surface area contributed by atoms with Crippen LogP contribution < -0.4 is 19.7 Å². The largest absolute Gasteiger partial charge is 0.493 e. The van der Waals surface area contributed by atoms with Crippen molar-refractivity contribution in [2.24, 2.45) is 11.8 Å². The summed E-state index contributed by atoms with van der Waals surface area (Å²) in [5, 5.41) is 3.32. The fourth-order valence-electron chi connectivity index (χ4n) is 5.69. The fraction of sp³-hybridized carbons (Fsp3) is 0.481. The molecule has 35 heavy (non-hydrogen) atoms. The van der Waals surface area contributed by atoms with Gasteiger partial charge < -0.3 is 23.8 Å². The van der Waals surface area contributed by atoms with Crippen LogP contribution in [-0.2, 0) is 11.3 Å². The summed E-state index contributed by atoms with van der Waals surface area (Å²) >= 11 is 0. The molecule has 8 nitrogen and oxygen atoms in total. The number of benzene rings is 1. The van der Waals surface area contributed by atoms with Crippen molar-refractivity contribution < 1.29 is 23.5 Å². The molecule has 3 aromatic rings. The van der Waals surface area contributed by atoms with Crippen LogP contribution in [0.3, 0.4) is 0 Å². The van der Waals surface area contributed by atoms with Gasteiger partial charge in [0.25, 0.3) is 5.91 Å². The van der Waals surface area contributed by atoms with E-state index in [1.165, 1.54) is 6.42 Å². The lowest BCUT2D eigenvalue weighted by molar-refractivity contribution is -0.128. The average molecular weight is 480 g/mol. The van der Waals surface area contributed by atoms with Crippen LogP contribution in [0.2, 0.25) is 0 Å². The predicted molar refractivity (Wildman–Crippen MR) is 133 cm³/mol. The zero-order valence-corrected chi connectivity index (χ0v) is 21.0. The first-order chi connectivity index (χ1) is 16.8. The third-order valence-corrected chi connectivity index (χ3v) is 8.04. The van der Waals surface area contributed by atoms with Crippen molar-refractivity contribution in [1.29, 1.82) is 0 Å². The summed E-state index contributed by atoms with van der Waals surface area (Å²) in [6.07, 6.45) is 4.80. The maximum absolute atomic E-state index is 14.1. The molecule has 0 spiro atoms. The second kappa shape index (κ2) is 8.66. The Hall–Kier alpha value is -3.42. The lowest BCUT2D eigenvalue weighted by Crippen LogP contribution is -2.66. The zero-order chi connectivity index (χ0) is 24.9. The molecule has 186 valence electrons. The first-order valence-corrected chi connectivity index (χ1v) is 12.2. The van der Waals surface area contributed by atoms with E-state index in [0.29, 0.717) is 46.8 Å². The number of carbonyl (C=O) groups excluding carboxylic acids is 2. The van der Waals surface area contributed by atoms with Gasteiger partial charge in [-0.2, -0.15) is 0 Å². The number of hydrogen-bond donors (Lipinski definition) is 1. The lowest BCUT2D eigenvalue weighted by Gasteiger charge is -2.45. The molecular formula is C27H33N3O5. The summed E-state index contributed by atoms with van der Waals surface area (Å²) in [6, 6.07) is 8.94. The fourth-order valence-corrected chi connectivity index (χ4v) is 5.69. The molecular weight excluding hydrogens is 446 g/mol. The first kappa shape index (κ1) is 23.3. The van der Waals surface area contributed by atoms with Crippen molar-refractivity contribution in [1.82, 2.24) is 9.88 Å².